The molecule has 0 aliphatic rings. The van der Waals surface area contributed by atoms with Gasteiger partial charge in [-0.1, -0.05) is 13.3 Å². The van der Waals surface area contributed by atoms with Gasteiger partial charge in [0.05, 0.1) is 13.0 Å². The number of hydrogen-bond acceptors (Lipinski definition) is 8. The number of carbonyl (C=O) groups excluding carboxylic acids is 3. The summed E-state index contributed by atoms with van der Waals surface area (Å²) in [6.45, 7) is 2.56. The number of unbranched alkanes of at least 4 members (excludes halogenated alkanes) is 1. The number of carbonyl (C=O) groups is 3. The number of nitrogens with zero attached hydrogens (tertiary/aromatic N) is 2. The second kappa shape index (κ2) is 15.7. The van der Waals surface area contributed by atoms with Crippen LogP contribution in [0.15, 0.2) is 4.99 Å². The van der Waals surface area contributed by atoms with Gasteiger partial charge >= 0.3 is 0 Å². The van der Waals surface area contributed by atoms with Crippen LogP contribution in [0.4, 0.5) is 0 Å². The molecule has 27 heavy (non-hydrogen) atoms. The van der Waals surface area contributed by atoms with E-state index < -0.39 is 11.2 Å². The quantitative estimate of drug-likeness (QED) is 0.0932. The SMILES string of the molecule is CCCCC(=O)CC(CCCN=C(N)CC(=O)CCCO[N+](=O)[O-])OC=O. The first kappa shape index (κ1) is 24.5. The van der Waals surface area contributed by atoms with E-state index in [1.165, 1.54) is 0 Å². The summed E-state index contributed by atoms with van der Waals surface area (Å²) in [5.41, 5.74) is 5.69. The lowest BCUT2D eigenvalue weighted by Crippen LogP contribution is -2.19. The van der Waals surface area contributed by atoms with Crippen molar-refractivity contribution in [3.05, 3.63) is 10.1 Å². The highest BCUT2D eigenvalue weighted by Crippen LogP contribution is 2.10. The zero-order valence-electron chi connectivity index (χ0n) is 15.8. The Morgan fingerprint density at radius 3 is 2.56 bits per heavy atom. The van der Waals surface area contributed by atoms with E-state index in [1.54, 1.807) is 0 Å². The molecule has 0 aromatic heterocycles. The molecule has 0 fully saturated rings. The van der Waals surface area contributed by atoms with Crippen LogP contribution in [-0.2, 0) is 24.0 Å². The van der Waals surface area contributed by atoms with Crippen molar-refractivity contribution in [3.8, 4) is 0 Å². The molecule has 0 aromatic rings. The first-order valence-corrected chi connectivity index (χ1v) is 9.07. The monoisotopic (exact) mass is 387 g/mol. The predicted molar refractivity (Wildman–Crippen MR) is 97.6 cm³/mol. The topological polar surface area (TPSA) is 151 Å². The van der Waals surface area contributed by atoms with Crippen LogP contribution in [0.25, 0.3) is 0 Å². The molecule has 0 heterocycles. The number of aliphatic imine (C=N–C) groups is 1. The van der Waals surface area contributed by atoms with E-state index >= 15 is 0 Å². The Hall–Kier alpha value is -2.52. The van der Waals surface area contributed by atoms with Gasteiger partial charge in [-0.2, -0.15) is 0 Å². The summed E-state index contributed by atoms with van der Waals surface area (Å²) in [5, 5.41) is 9.07. The zero-order chi connectivity index (χ0) is 20.5. The highest BCUT2D eigenvalue weighted by Gasteiger charge is 2.14. The van der Waals surface area contributed by atoms with Crippen molar-refractivity contribution in [1.82, 2.24) is 0 Å². The maximum absolute atomic E-state index is 11.8. The molecule has 0 amide bonds. The molecule has 10 nitrogen and oxygen atoms in total. The van der Waals surface area contributed by atoms with Gasteiger partial charge < -0.3 is 15.3 Å². The third-order valence-corrected chi connectivity index (χ3v) is 3.69. The van der Waals surface area contributed by atoms with Crippen molar-refractivity contribution in [3.63, 3.8) is 0 Å². The number of rotatable bonds is 18. The largest absolute Gasteiger partial charge is 0.464 e. The van der Waals surface area contributed by atoms with Crippen molar-refractivity contribution < 1.29 is 29.0 Å². The molecular formula is C17H29N3O7. The van der Waals surface area contributed by atoms with Gasteiger partial charge in [0, 0.05) is 25.8 Å². The Balaban J connectivity index is 4.06. The third kappa shape index (κ3) is 15.5. The van der Waals surface area contributed by atoms with Crippen LogP contribution in [0.5, 0.6) is 0 Å². The molecule has 0 radical (unpaired) electrons. The molecule has 0 rings (SSSR count). The van der Waals surface area contributed by atoms with Gasteiger partial charge in [0.2, 0.25) is 0 Å². The van der Waals surface area contributed by atoms with Crippen LogP contribution in [0.2, 0.25) is 0 Å². The molecule has 1 atom stereocenters. The number of Topliss-reactive ketones (excluding diaryl/α,β-unsaturated/α-hetero) is 2. The minimum Gasteiger partial charge on any atom is -0.464 e. The number of amidine groups is 1. The van der Waals surface area contributed by atoms with E-state index in [1.807, 2.05) is 6.92 Å². The van der Waals surface area contributed by atoms with Gasteiger partial charge in [-0.3, -0.25) is 19.4 Å². The molecule has 0 aromatic carbocycles. The molecular weight excluding hydrogens is 358 g/mol. The highest BCUT2D eigenvalue weighted by atomic mass is 16.9. The summed E-state index contributed by atoms with van der Waals surface area (Å²) >= 11 is 0. The molecule has 0 spiro atoms. The highest BCUT2D eigenvalue weighted by molar-refractivity contribution is 5.99. The third-order valence-electron chi connectivity index (χ3n) is 3.69. The van der Waals surface area contributed by atoms with Crippen LogP contribution < -0.4 is 5.73 Å². The van der Waals surface area contributed by atoms with Gasteiger partial charge in [-0.25, -0.2) is 0 Å². The number of ketones is 2. The minimum atomic E-state index is -0.904. The second-order valence-electron chi connectivity index (χ2n) is 6.09. The summed E-state index contributed by atoms with van der Waals surface area (Å²) in [6, 6.07) is 0. The van der Waals surface area contributed by atoms with E-state index in [9.17, 15) is 24.5 Å². The van der Waals surface area contributed by atoms with E-state index in [-0.39, 0.29) is 49.7 Å². The van der Waals surface area contributed by atoms with Gasteiger partial charge in [0.25, 0.3) is 11.6 Å². The minimum absolute atomic E-state index is 0.0256. The zero-order valence-corrected chi connectivity index (χ0v) is 15.8. The molecule has 154 valence electrons. The summed E-state index contributed by atoms with van der Waals surface area (Å²) in [6.07, 6.45) is 3.35. The molecule has 1 unspecified atom stereocenters. The molecule has 10 heteroatoms. The molecule has 0 aliphatic carbocycles. The lowest BCUT2D eigenvalue weighted by atomic mass is 10.0. The summed E-state index contributed by atoms with van der Waals surface area (Å²) in [5.74, 6) is 0.0762. The Kier molecular flexibility index (Phi) is 14.2. The van der Waals surface area contributed by atoms with Crippen molar-refractivity contribution in [2.75, 3.05) is 13.2 Å². The smallest absolute Gasteiger partial charge is 0.294 e. The lowest BCUT2D eigenvalue weighted by molar-refractivity contribution is -0.757. The van der Waals surface area contributed by atoms with Crippen molar-refractivity contribution in [2.45, 2.75) is 70.8 Å². The summed E-state index contributed by atoms with van der Waals surface area (Å²) in [4.78, 5) is 52.1. The van der Waals surface area contributed by atoms with Crippen LogP contribution in [0.1, 0.15) is 64.7 Å². The van der Waals surface area contributed by atoms with E-state index in [0.717, 1.165) is 12.8 Å². The van der Waals surface area contributed by atoms with Gasteiger partial charge in [0.1, 0.15) is 23.5 Å². The Bertz CT molecular complexity index is 509. The van der Waals surface area contributed by atoms with E-state index in [0.29, 0.717) is 32.3 Å². The van der Waals surface area contributed by atoms with Crippen molar-refractivity contribution in [2.24, 2.45) is 10.7 Å². The fourth-order valence-electron chi connectivity index (χ4n) is 2.32. The fourth-order valence-corrected chi connectivity index (χ4v) is 2.32. The Labute approximate surface area is 158 Å². The number of hydrogen-bond donors (Lipinski definition) is 1. The maximum Gasteiger partial charge on any atom is 0.294 e. The fraction of sp³-hybridized carbons (Fsp3) is 0.765. The predicted octanol–water partition coefficient (Wildman–Crippen LogP) is 1.76. The molecule has 0 aliphatic heterocycles. The van der Waals surface area contributed by atoms with Crippen molar-refractivity contribution in [1.29, 1.82) is 0 Å². The molecule has 0 bridgehead atoms. The van der Waals surface area contributed by atoms with Crippen LogP contribution in [-0.4, -0.2) is 48.2 Å². The molecule has 0 saturated carbocycles. The first-order chi connectivity index (χ1) is 12.9. The average molecular weight is 387 g/mol. The Morgan fingerprint density at radius 2 is 1.93 bits per heavy atom. The molecule has 0 saturated heterocycles. The van der Waals surface area contributed by atoms with Gasteiger partial charge in [-0.15, -0.1) is 10.1 Å². The number of nitrogens with two attached hydrogens (primary N) is 1. The molecule has 2 N–H and O–H groups in total. The van der Waals surface area contributed by atoms with Gasteiger partial charge in [-0.05, 0) is 25.7 Å². The van der Waals surface area contributed by atoms with Crippen molar-refractivity contribution >= 4 is 23.9 Å². The van der Waals surface area contributed by atoms with E-state index in [2.05, 4.69) is 9.83 Å². The first-order valence-electron chi connectivity index (χ1n) is 9.07. The standard InChI is InChI=1S/C17H29N3O7/c1-2-3-6-14(22)11-16(26-13-21)8-4-9-19-17(18)12-15(23)7-5-10-27-20(24)25/h13,16H,2-12H2,1H3,(H2,18,19). The van der Waals surface area contributed by atoms with Crippen LogP contribution in [0, 0.1) is 10.1 Å². The summed E-state index contributed by atoms with van der Waals surface area (Å²) in [7, 11) is 0. The maximum atomic E-state index is 11.8. The van der Waals surface area contributed by atoms with Gasteiger partial charge in [0.15, 0.2) is 0 Å². The van der Waals surface area contributed by atoms with E-state index in [4.69, 9.17) is 10.5 Å². The number of ether oxygens (including phenoxy) is 1. The Morgan fingerprint density at radius 1 is 1.22 bits per heavy atom. The summed E-state index contributed by atoms with van der Waals surface area (Å²) < 4.78 is 4.94. The second-order valence-corrected chi connectivity index (χ2v) is 6.09. The average Bonchev–Trinajstić information content (AvgIpc) is 2.60. The van der Waals surface area contributed by atoms with Crippen LogP contribution >= 0.6 is 0 Å². The normalized spacial score (nSPS) is 12.3. The lowest BCUT2D eigenvalue weighted by Gasteiger charge is -2.13. The van der Waals surface area contributed by atoms with Crippen LogP contribution in [0.3, 0.4) is 0 Å².